The first kappa shape index (κ1) is 16.3. The zero-order valence-corrected chi connectivity index (χ0v) is 13.8. The summed E-state index contributed by atoms with van der Waals surface area (Å²) in [6, 6.07) is 10.3. The van der Waals surface area contributed by atoms with Crippen LogP contribution in [0.25, 0.3) is 10.7 Å². The summed E-state index contributed by atoms with van der Waals surface area (Å²) in [6.07, 6.45) is 0.336. The van der Waals surface area contributed by atoms with Gasteiger partial charge in [-0.2, -0.15) is 4.98 Å². The Bertz CT molecular complexity index is 817. The van der Waals surface area contributed by atoms with E-state index < -0.39 is 0 Å². The van der Waals surface area contributed by atoms with Gasteiger partial charge in [-0.25, -0.2) is 4.39 Å². The number of thiophene rings is 1. The van der Waals surface area contributed by atoms with Crippen LogP contribution in [0.4, 0.5) is 4.39 Å². The lowest BCUT2D eigenvalue weighted by atomic mass is 10.00. The number of nitrogens with zero attached hydrogens (tertiary/aromatic N) is 2. The van der Waals surface area contributed by atoms with Crippen LogP contribution in [0.15, 0.2) is 46.3 Å². The Morgan fingerprint density at radius 1 is 1.33 bits per heavy atom. The van der Waals surface area contributed by atoms with Gasteiger partial charge in [-0.05, 0) is 29.5 Å². The molecule has 0 bridgehead atoms. The fraction of sp³-hybridized carbons (Fsp3) is 0.235. The molecule has 2 aromatic heterocycles. The molecule has 7 heteroatoms. The van der Waals surface area contributed by atoms with Gasteiger partial charge in [0.05, 0.1) is 11.4 Å². The number of carbonyl (C=O) groups excluding carboxylic acids is 1. The van der Waals surface area contributed by atoms with Gasteiger partial charge in [-0.1, -0.05) is 36.3 Å². The van der Waals surface area contributed by atoms with Crippen LogP contribution in [-0.2, 0) is 17.8 Å². The topological polar surface area (TPSA) is 68.0 Å². The number of benzene rings is 1. The van der Waals surface area contributed by atoms with E-state index in [-0.39, 0.29) is 24.2 Å². The maximum Gasteiger partial charge on any atom is 0.246 e. The van der Waals surface area contributed by atoms with E-state index in [0.717, 1.165) is 4.88 Å². The van der Waals surface area contributed by atoms with E-state index in [1.54, 1.807) is 25.1 Å². The van der Waals surface area contributed by atoms with Gasteiger partial charge in [0.2, 0.25) is 17.6 Å². The van der Waals surface area contributed by atoms with E-state index in [1.807, 2.05) is 17.5 Å². The third-order valence-corrected chi connectivity index (χ3v) is 4.42. The summed E-state index contributed by atoms with van der Waals surface area (Å²) in [7, 11) is 0. The van der Waals surface area contributed by atoms with Gasteiger partial charge in [0, 0.05) is 5.92 Å². The first-order valence-electron chi connectivity index (χ1n) is 7.51. The summed E-state index contributed by atoms with van der Waals surface area (Å²) in [6.45, 7) is 1.91. The van der Waals surface area contributed by atoms with Crippen LogP contribution in [-0.4, -0.2) is 16.0 Å². The maximum absolute atomic E-state index is 13.6. The van der Waals surface area contributed by atoms with Gasteiger partial charge in [-0.3, -0.25) is 4.79 Å². The largest absolute Gasteiger partial charge is 0.347 e. The summed E-state index contributed by atoms with van der Waals surface area (Å²) < 4.78 is 18.8. The van der Waals surface area contributed by atoms with E-state index in [2.05, 4.69) is 15.5 Å². The van der Waals surface area contributed by atoms with Crippen molar-refractivity contribution in [2.75, 3.05) is 0 Å². The Morgan fingerprint density at radius 3 is 2.92 bits per heavy atom. The first-order valence-corrected chi connectivity index (χ1v) is 8.39. The monoisotopic (exact) mass is 345 g/mol. The van der Waals surface area contributed by atoms with Crippen molar-refractivity contribution in [2.45, 2.75) is 19.9 Å². The molecule has 24 heavy (non-hydrogen) atoms. The van der Waals surface area contributed by atoms with Crippen molar-refractivity contribution < 1.29 is 13.7 Å². The Hall–Kier alpha value is -2.54. The molecule has 0 saturated heterocycles. The predicted octanol–water partition coefficient (Wildman–Crippen LogP) is 3.43. The van der Waals surface area contributed by atoms with Crippen molar-refractivity contribution in [1.82, 2.24) is 15.5 Å². The van der Waals surface area contributed by atoms with Gasteiger partial charge < -0.3 is 9.84 Å². The molecule has 0 radical (unpaired) electrons. The molecular weight excluding hydrogens is 329 g/mol. The molecule has 1 unspecified atom stereocenters. The molecule has 2 heterocycles. The third-order valence-electron chi connectivity index (χ3n) is 3.56. The van der Waals surface area contributed by atoms with Crippen molar-refractivity contribution in [3.63, 3.8) is 0 Å². The first-order chi connectivity index (χ1) is 11.6. The lowest BCUT2D eigenvalue weighted by molar-refractivity contribution is -0.124. The van der Waals surface area contributed by atoms with E-state index in [0.29, 0.717) is 23.7 Å². The van der Waals surface area contributed by atoms with Crippen LogP contribution in [0.2, 0.25) is 0 Å². The third kappa shape index (κ3) is 3.86. The highest BCUT2D eigenvalue weighted by Gasteiger charge is 2.17. The quantitative estimate of drug-likeness (QED) is 0.743. The molecule has 0 spiro atoms. The molecule has 0 fully saturated rings. The SMILES string of the molecule is CC(Cc1ccccc1F)C(=O)NCc1nc(-c2cccs2)no1. The highest BCUT2D eigenvalue weighted by atomic mass is 32.1. The number of nitrogens with one attached hydrogen (secondary N) is 1. The number of aromatic nitrogens is 2. The van der Waals surface area contributed by atoms with Gasteiger partial charge >= 0.3 is 0 Å². The maximum atomic E-state index is 13.6. The highest BCUT2D eigenvalue weighted by Crippen LogP contribution is 2.21. The second-order valence-electron chi connectivity index (χ2n) is 5.40. The Balaban J connectivity index is 1.54. The molecule has 0 aliphatic heterocycles. The molecule has 1 atom stereocenters. The van der Waals surface area contributed by atoms with Crippen LogP contribution in [0, 0.1) is 11.7 Å². The molecule has 1 amide bonds. The Kier molecular flexibility index (Phi) is 5.00. The number of halogens is 1. The summed E-state index contributed by atoms with van der Waals surface area (Å²) in [5.41, 5.74) is 0.526. The summed E-state index contributed by atoms with van der Waals surface area (Å²) >= 11 is 1.51. The van der Waals surface area contributed by atoms with Gasteiger partial charge in [0.1, 0.15) is 5.82 Å². The van der Waals surface area contributed by atoms with Crippen LogP contribution >= 0.6 is 11.3 Å². The minimum Gasteiger partial charge on any atom is -0.347 e. The molecule has 0 saturated carbocycles. The molecule has 3 aromatic rings. The average molecular weight is 345 g/mol. The minimum atomic E-state index is -0.360. The molecule has 3 rings (SSSR count). The number of hydrogen-bond acceptors (Lipinski definition) is 5. The lowest BCUT2D eigenvalue weighted by Crippen LogP contribution is -2.30. The van der Waals surface area contributed by atoms with Crippen LogP contribution in [0.5, 0.6) is 0 Å². The Morgan fingerprint density at radius 2 is 2.17 bits per heavy atom. The van der Waals surface area contributed by atoms with E-state index in [4.69, 9.17) is 4.52 Å². The number of rotatable bonds is 6. The number of hydrogen-bond donors (Lipinski definition) is 1. The summed E-state index contributed by atoms with van der Waals surface area (Å²) in [5, 5.41) is 8.56. The fourth-order valence-electron chi connectivity index (χ4n) is 2.26. The van der Waals surface area contributed by atoms with Gasteiger partial charge in [0.25, 0.3) is 0 Å². The average Bonchev–Trinajstić information content (AvgIpc) is 3.25. The van der Waals surface area contributed by atoms with Crippen molar-refractivity contribution in [1.29, 1.82) is 0 Å². The van der Waals surface area contributed by atoms with E-state index in [1.165, 1.54) is 17.4 Å². The molecule has 124 valence electrons. The standard InChI is InChI=1S/C17H16FN3O2S/c1-11(9-12-5-2-3-6-13(12)18)17(22)19-10-15-20-16(21-23-15)14-7-4-8-24-14/h2-8,11H,9-10H2,1H3,(H,19,22). The smallest absolute Gasteiger partial charge is 0.246 e. The van der Waals surface area contributed by atoms with Gasteiger partial charge in [0.15, 0.2) is 0 Å². The lowest BCUT2D eigenvalue weighted by Gasteiger charge is -2.11. The van der Waals surface area contributed by atoms with Crippen molar-refractivity contribution in [3.8, 4) is 10.7 Å². The van der Waals surface area contributed by atoms with Gasteiger partial charge in [-0.15, -0.1) is 11.3 Å². The summed E-state index contributed by atoms with van der Waals surface area (Å²) in [5.74, 6) is 0.00357. The van der Waals surface area contributed by atoms with Crippen molar-refractivity contribution >= 4 is 17.2 Å². The minimum absolute atomic E-state index is 0.152. The van der Waals surface area contributed by atoms with E-state index >= 15 is 0 Å². The van der Waals surface area contributed by atoms with Crippen LogP contribution in [0.1, 0.15) is 18.4 Å². The molecule has 5 nitrogen and oxygen atoms in total. The Labute approximate surface area is 142 Å². The molecule has 0 aliphatic carbocycles. The van der Waals surface area contributed by atoms with E-state index in [9.17, 15) is 9.18 Å². The summed E-state index contributed by atoms with van der Waals surface area (Å²) in [4.78, 5) is 17.3. The highest BCUT2D eigenvalue weighted by molar-refractivity contribution is 7.13. The number of carbonyl (C=O) groups is 1. The zero-order valence-electron chi connectivity index (χ0n) is 13.0. The molecule has 0 aliphatic rings. The second-order valence-corrected chi connectivity index (χ2v) is 6.35. The molecule has 1 N–H and O–H groups in total. The van der Waals surface area contributed by atoms with Crippen LogP contribution < -0.4 is 5.32 Å². The second kappa shape index (κ2) is 7.35. The zero-order chi connectivity index (χ0) is 16.9. The van der Waals surface area contributed by atoms with Crippen LogP contribution in [0.3, 0.4) is 0 Å². The number of amides is 1. The van der Waals surface area contributed by atoms with Crippen molar-refractivity contribution in [2.24, 2.45) is 5.92 Å². The normalized spacial score (nSPS) is 12.1. The molecular formula is C17H16FN3O2S. The fourth-order valence-corrected chi connectivity index (χ4v) is 2.91. The predicted molar refractivity (Wildman–Crippen MR) is 88.7 cm³/mol. The molecule has 1 aromatic carbocycles. The van der Waals surface area contributed by atoms with Crippen molar-refractivity contribution in [3.05, 3.63) is 59.0 Å².